The van der Waals surface area contributed by atoms with E-state index in [2.05, 4.69) is 4.98 Å². The summed E-state index contributed by atoms with van der Waals surface area (Å²) in [4.78, 5) is 16.6. The Morgan fingerprint density at radius 3 is 2.31 bits per heavy atom. The number of carbonyl (C=O) groups is 1. The van der Waals surface area contributed by atoms with E-state index in [0.717, 1.165) is 11.1 Å². The molecule has 130 valence electrons. The number of ether oxygens (including phenoxy) is 2. The standard InChI is InChI=1S/C22H19NO3/c24-22(25-17-19-11-5-2-6-12-19)20(26-21-13-7-8-16-23-21)15-14-18-9-3-1-4-10-18/h1-16,20H,17H2/b15-14+/t20-/m1/s1. The van der Waals surface area contributed by atoms with Crippen molar-refractivity contribution in [3.05, 3.63) is 102 Å². The maximum absolute atomic E-state index is 12.5. The van der Waals surface area contributed by atoms with E-state index in [1.54, 1.807) is 30.5 Å². The molecule has 0 aliphatic rings. The fourth-order valence-corrected chi connectivity index (χ4v) is 2.29. The maximum Gasteiger partial charge on any atom is 0.351 e. The molecule has 2 aromatic carbocycles. The van der Waals surface area contributed by atoms with Gasteiger partial charge in [-0.25, -0.2) is 9.78 Å². The summed E-state index contributed by atoms with van der Waals surface area (Å²) in [6.07, 6.45) is 4.24. The summed E-state index contributed by atoms with van der Waals surface area (Å²) in [5.41, 5.74) is 1.89. The van der Waals surface area contributed by atoms with Gasteiger partial charge in [-0.05, 0) is 23.3 Å². The third kappa shape index (κ3) is 5.31. The Kier molecular flexibility index (Phi) is 6.15. The topological polar surface area (TPSA) is 48.4 Å². The lowest BCUT2D eigenvalue weighted by Gasteiger charge is -2.14. The van der Waals surface area contributed by atoms with Crippen molar-refractivity contribution in [1.82, 2.24) is 4.98 Å². The van der Waals surface area contributed by atoms with Crippen molar-refractivity contribution in [2.24, 2.45) is 0 Å². The van der Waals surface area contributed by atoms with Crippen molar-refractivity contribution in [2.45, 2.75) is 12.7 Å². The van der Waals surface area contributed by atoms with Crippen LogP contribution >= 0.6 is 0 Å². The van der Waals surface area contributed by atoms with Crippen LogP contribution in [0.25, 0.3) is 6.08 Å². The highest BCUT2D eigenvalue weighted by Gasteiger charge is 2.19. The molecule has 0 saturated carbocycles. The zero-order chi connectivity index (χ0) is 18.0. The molecule has 1 heterocycles. The first kappa shape index (κ1) is 17.4. The maximum atomic E-state index is 12.5. The van der Waals surface area contributed by atoms with Crippen LogP contribution in [0, 0.1) is 0 Å². The van der Waals surface area contributed by atoms with Gasteiger partial charge in [-0.1, -0.05) is 72.8 Å². The molecule has 0 unspecified atom stereocenters. The number of pyridine rings is 1. The summed E-state index contributed by atoms with van der Waals surface area (Å²) < 4.78 is 11.1. The van der Waals surface area contributed by atoms with Gasteiger partial charge in [0.2, 0.25) is 12.0 Å². The van der Waals surface area contributed by atoms with E-state index in [-0.39, 0.29) is 6.61 Å². The lowest BCUT2D eigenvalue weighted by atomic mass is 10.2. The van der Waals surface area contributed by atoms with E-state index in [1.807, 2.05) is 66.7 Å². The molecule has 26 heavy (non-hydrogen) atoms. The van der Waals surface area contributed by atoms with E-state index in [9.17, 15) is 4.79 Å². The minimum Gasteiger partial charge on any atom is -0.458 e. The fourth-order valence-electron chi connectivity index (χ4n) is 2.29. The molecular formula is C22H19NO3. The number of rotatable bonds is 7. The normalized spacial score (nSPS) is 11.8. The van der Waals surface area contributed by atoms with E-state index >= 15 is 0 Å². The van der Waals surface area contributed by atoms with E-state index < -0.39 is 12.1 Å². The van der Waals surface area contributed by atoms with Gasteiger partial charge in [0.25, 0.3) is 0 Å². The molecule has 0 aliphatic heterocycles. The van der Waals surface area contributed by atoms with Gasteiger partial charge >= 0.3 is 5.97 Å². The Bertz CT molecular complexity index is 833. The summed E-state index contributed by atoms with van der Waals surface area (Å²) >= 11 is 0. The van der Waals surface area contributed by atoms with E-state index in [1.165, 1.54) is 0 Å². The van der Waals surface area contributed by atoms with Crippen LogP contribution in [0.4, 0.5) is 0 Å². The Hall–Kier alpha value is -3.40. The zero-order valence-electron chi connectivity index (χ0n) is 14.2. The molecular weight excluding hydrogens is 326 g/mol. The molecule has 4 nitrogen and oxygen atoms in total. The van der Waals surface area contributed by atoms with Crippen LogP contribution in [-0.2, 0) is 16.1 Å². The number of carbonyl (C=O) groups excluding carboxylic acids is 1. The largest absolute Gasteiger partial charge is 0.458 e. The number of hydrogen-bond donors (Lipinski definition) is 0. The molecule has 0 N–H and O–H groups in total. The highest BCUT2D eigenvalue weighted by atomic mass is 16.6. The first-order chi connectivity index (χ1) is 12.8. The predicted octanol–water partition coefficient (Wildman–Crippen LogP) is 4.29. The second-order valence-electron chi connectivity index (χ2n) is 5.57. The van der Waals surface area contributed by atoms with Gasteiger partial charge < -0.3 is 9.47 Å². The van der Waals surface area contributed by atoms with Crippen LogP contribution in [0.2, 0.25) is 0 Å². The van der Waals surface area contributed by atoms with Crippen LogP contribution in [0.15, 0.2) is 91.1 Å². The molecule has 1 atom stereocenters. The van der Waals surface area contributed by atoms with Gasteiger partial charge in [0.1, 0.15) is 6.61 Å². The summed E-state index contributed by atoms with van der Waals surface area (Å²) in [5, 5.41) is 0. The summed E-state index contributed by atoms with van der Waals surface area (Å²) in [6, 6.07) is 24.5. The molecule has 0 spiro atoms. The number of benzene rings is 2. The Morgan fingerprint density at radius 1 is 0.923 bits per heavy atom. The highest BCUT2D eigenvalue weighted by molar-refractivity contribution is 5.78. The first-order valence-electron chi connectivity index (χ1n) is 8.33. The lowest BCUT2D eigenvalue weighted by Crippen LogP contribution is -2.27. The third-order valence-corrected chi connectivity index (χ3v) is 3.60. The number of aromatic nitrogens is 1. The molecule has 0 aliphatic carbocycles. The lowest BCUT2D eigenvalue weighted by molar-refractivity contribution is -0.151. The summed E-state index contributed by atoms with van der Waals surface area (Å²) in [5.74, 6) is -0.0986. The first-order valence-corrected chi connectivity index (χ1v) is 8.33. The summed E-state index contributed by atoms with van der Waals surface area (Å²) in [6.45, 7) is 0.195. The third-order valence-electron chi connectivity index (χ3n) is 3.60. The van der Waals surface area contributed by atoms with Crippen LogP contribution in [0.3, 0.4) is 0 Å². The van der Waals surface area contributed by atoms with Crippen molar-refractivity contribution in [3.8, 4) is 5.88 Å². The number of esters is 1. The van der Waals surface area contributed by atoms with Gasteiger partial charge in [0.15, 0.2) is 0 Å². The van der Waals surface area contributed by atoms with Crippen molar-refractivity contribution in [3.63, 3.8) is 0 Å². The van der Waals surface area contributed by atoms with Gasteiger partial charge in [0.05, 0.1) is 0 Å². The van der Waals surface area contributed by atoms with Crippen molar-refractivity contribution in [2.75, 3.05) is 0 Å². The SMILES string of the molecule is O=C(OCc1ccccc1)[C@@H](/C=C/c1ccccc1)Oc1ccccn1. The molecule has 0 bridgehead atoms. The minimum absolute atomic E-state index is 0.195. The van der Waals surface area contributed by atoms with Crippen molar-refractivity contribution in [1.29, 1.82) is 0 Å². The van der Waals surface area contributed by atoms with Gasteiger partial charge in [-0.2, -0.15) is 0 Å². The average Bonchev–Trinajstić information content (AvgIpc) is 2.71. The molecule has 1 aromatic heterocycles. The second kappa shape index (κ2) is 9.18. The van der Waals surface area contributed by atoms with Crippen LogP contribution in [-0.4, -0.2) is 17.1 Å². The van der Waals surface area contributed by atoms with Crippen LogP contribution in [0.1, 0.15) is 11.1 Å². The monoisotopic (exact) mass is 345 g/mol. The predicted molar refractivity (Wildman–Crippen MR) is 100 cm³/mol. The van der Waals surface area contributed by atoms with Crippen LogP contribution in [0.5, 0.6) is 5.88 Å². The molecule has 0 saturated heterocycles. The average molecular weight is 345 g/mol. The summed E-state index contributed by atoms with van der Waals surface area (Å²) in [7, 11) is 0. The van der Waals surface area contributed by atoms with E-state index in [4.69, 9.17) is 9.47 Å². The quantitative estimate of drug-likeness (QED) is 0.600. The minimum atomic E-state index is -0.881. The molecule has 4 heteroatoms. The Morgan fingerprint density at radius 2 is 1.62 bits per heavy atom. The molecule has 0 amide bonds. The smallest absolute Gasteiger partial charge is 0.351 e. The Labute approximate surface area is 152 Å². The van der Waals surface area contributed by atoms with Gasteiger partial charge in [-0.3, -0.25) is 0 Å². The van der Waals surface area contributed by atoms with Crippen LogP contribution < -0.4 is 4.74 Å². The number of hydrogen-bond acceptors (Lipinski definition) is 4. The molecule has 0 radical (unpaired) electrons. The van der Waals surface area contributed by atoms with Gasteiger partial charge in [0, 0.05) is 12.3 Å². The van der Waals surface area contributed by atoms with Gasteiger partial charge in [-0.15, -0.1) is 0 Å². The van der Waals surface area contributed by atoms with Crippen molar-refractivity contribution >= 4 is 12.0 Å². The zero-order valence-corrected chi connectivity index (χ0v) is 14.2. The Balaban J connectivity index is 1.71. The number of nitrogens with zero attached hydrogens (tertiary/aromatic N) is 1. The second-order valence-corrected chi connectivity index (χ2v) is 5.57. The van der Waals surface area contributed by atoms with Crippen molar-refractivity contribution < 1.29 is 14.3 Å². The molecule has 3 aromatic rings. The highest BCUT2D eigenvalue weighted by Crippen LogP contribution is 2.12. The fraction of sp³-hybridized carbons (Fsp3) is 0.0909. The molecule has 0 fully saturated rings. The molecule has 3 rings (SSSR count). The van der Waals surface area contributed by atoms with E-state index in [0.29, 0.717) is 5.88 Å².